The van der Waals surface area contributed by atoms with Gasteiger partial charge in [-0.1, -0.05) is 12.1 Å². The fourth-order valence-corrected chi connectivity index (χ4v) is 1.09. The van der Waals surface area contributed by atoms with Crippen molar-refractivity contribution in [1.29, 1.82) is 0 Å². The molecule has 0 aliphatic heterocycles. The van der Waals surface area contributed by atoms with E-state index < -0.39 is 5.97 Å². The molecule has 0 aliphatic rings. The van der Waals surface area contributed by atoms with Crippen molar-refractivity contribution in [2.75, 3.05) is 7.11 Å². The predicted molar refractivity (Wildman–Crippen MR) is 50.4 cm³/mol. The number of carbonyl (C=O) groups is 1. The molecule has 0 amide bonds. The molecule has 0 aliphatic carbocycles. The molecule has 3 nitrogen and oxygen atoms in total. The molecule has 3 radical (unpaired) electrons. The Labute approximate surface area is 78.9 Å². The van der Waals surface area contributed by atoms with Crippen LogP contribution in [0.15, 0.2) is 18.2 Å². The van der Waals surface area contributed by atoms with Crippen molar-refractivity contribution in [2.45, 2.75) is 6.92 Å². The average molecular weight is 177 g/mol. The Morgan fingerprint density at radius 3 is 2.46 bits per heavy atom. The monoisotopic (exact) mass is 177 g/mol. The van der Waals surface area contributed by atoms with Crippen molar-refractivity contribution in [3.63, 3.8) is 0 Å². The predicted octanol–water partition coefficient (Wildman–Crippen LogP) is 1.32. The molecule has 0 fully saturated rings. The summed E-state index contributed by atoms with van der Waals surface area (Å²) in [7, 11) is 1.47. The number of carboxylic acids is 1. The van der Waals surface area contributed by atoms with Gasteiger partial charge in [0.25, 0.3) is 0 Å². The molecular formula is C9H10BO3. The second-order valence-electron chi connectivity index (χ2n) is 2.46. The summed E-state index contributed by atoms with van der Waals surface area (Å²) in [5, 5.41) is 8.74. The van der Waals surface area contributed by atoms with Crippen LogP contribution in [0.3, 0.4) is 0 Å². The topological polar surface area (TPSA) is 46.5 Å². The third kappa shape index (κ3) is 2.24. The van der Waals surface area contributed by atoms with Gasteiger partial charge in [-0.15, -0.1) is 0 Å². The maximum Gasteiger partial charge on any atom is 0.339 e. The SMILES string of the molecule is COc1c(C)cccc1C(=O)O.[B]. The Morgan fingerprint density at radius 2 is 2.08 bits per heavy atom. The molecule has 0 saturated carbocycles. The number of hydrogen-bond donors (Lipinski definition) is 1. The number of ether oxygens (including phenoxy) is 1. The number of aromatic carboxylic acids is 1. The van der Waals surface area contributed by atoms with Crippen molar-refractivity contribution in [1.82, 2.24) is 0 Å². The molecule has 0 unspecified atom stereocenters. The zero-order chi connectivity index (χ0) is 9.14. The summed E-state index contributed by atoms with van der Waals surface area (Å²) >= 11 is 0. The van der Waals surface area contributed by atoms with E-state index in [9.17, 15) is 4.79 Å². The lowest BCUT2D eigenvalue weighted by atomic mass is 10.1. The molecule has 0 atom stereocenters. The van der Waals surface area contributed by atoms with Crippen molar-refractivity contribution >= 4 is 14.4 Å². The Bertz CT molecular complexity index is 310. The number of methoxy groups -OCH3 is 1. The first-order valence-corrected chi connectivity index (χ1v) is 3.53. The van der Waals surface area contributed by atoms with Crippen LogP contribution >= 0.6 is 0 Å². The summed E-state index contributed by atoms with van der Waals surface area (Å²) in [6, 6.07) is 5.03. The molecule has 0 heterocycles. The van der Waals surface area contributed by atoms with Gasteiger partial charge in [0.05, 0.1) is 7.11 Å². The zero-order valence-electron chi connectivity index (χ0n) is 7.57. The van der Waals surface area contributed by atoms with Crippen LogP contribution in [-0.2, 0) is 0 Å². The minimum atomic E-state index is -0.962. The van der Waals surface area contributed by atoms with Gasteiger partial charge < -0.3 is 9.84 Å². The van der Waals surface area contributed by atoms with E-state index in [1.54, 1.807) is 6.07 Å². The summed E-state index contributed by atoms with van der Waals surface area (Å²) in [5.74, 6) is -0.527. The van der Waals surface area contributed by atoms with Crippen LogP contribution < -0.4 is 4.74 Å². The number of hydrogen-bond acceptors (Lipinski definition) is 2. The lowest BCUT2D eigenvalue weighted by molar-refractivity contribution is 0.0693. The number of rotatable bonds is 2. The Balaban J connectivity index is 0.00000144. The molecule has 1 aromatic rings. The standard InChI is InChI=1S/C9H10O3.B/c1-6-4-3-5-7(9(10)11)8(6)12-2;/h3-5H,1-2H3,(H,10,11);. The number of aryl methyl sites for hydroxylation is 1. The average Bonchev–Trinajstić information content (AvgIpc) is 2.03. The first-order valence-electron chi connectivity index (χ1n) is 3.53. The van der Waals surface area contributed by atoms with E-state index in [1.165, 1.54) is 13.2 Å². The molecule has 67 valence electrons. The molecule has 0 saturated heterocycles. The molecule has 4 heteroatoms. The summed E-state index contributed by atoms with van der Waals surface area (Å²) < 4.78 is 4.96. The van der Waals surface area contributed by atoms with Gasteiger partial charge in [-0.2, -0.15) is 0 Å². The van der Waals surface area contributed by atoms with Gasteiger partial charge in [-0.3, -0.25) is 0 Å². The molecular weight excluding hydrogens is 167 g/mol. The van der Waals surface area contributed by atoms with Crippen molar-refractivity contribution in [3.8, 4) is 5.75 Å². The smallest absolute Gasteiger partial charge is 0.339 e. The maximum absolute atomic E-state index is 10.7. The van der Waals surface area contributed by atoms with Crippen LogP contribution in [-0.4, -0.2) is 26.6 Å². The van der Waals surface area contributed by atoms with E-state index in [0.717, 1.165) is 5.56 Å². The van der Waals surface area contributed by atoms with Crippen LogP contribution in [0.5, 0.6) is 5.75 Å². The highest BCUT2D eigenvalue weighted by Crippen LogP contribution is 2.22. The van der Waals surface area contributed by atoms with Gasteiger partial charge in [-0.25, -0.2) is 4.79 Å². The summed E-state index contributed by atoms with van der Waals surface area (Å²) in [5.41, 5.74) is 1.04. The van der Waals surface area contributed by atoms with Crippen LogP contribution in [0.4, 0.5) is 0 Å². The van der Waals surface area contributed by atoms with E-state index in [1.807, 2.05) is 13.0 Å². The van der Waals surface area contributed by atoms with E-state index in [-0.39, 0.29) is 14.0 Å². The first kappa shape index (κ1) is 11.6. The molecule has 1 aromatic carbocycles. The quantitative estimate of drug-likeness (QED) is 0.692. The highest BCUT2D eigenvalue weighted by molar-refractivity contribution is 5.91. The minimum Gasteiger partial charge on any atom is -0.496 e. The summed E-state index contributed by atoms with van der Waals surface area (Å²) in [4.78, 5) is 10.7. The molecule has 13 heavy (non-hydrogen) atoms. The molecule has 0 spiro atoms. The Kier molecular flexibility index (Phi) is 4.04. The molecule has 0 aromatic heterocycles. The fraction of sp³-hybridized carbons (Fsp3) is 0.222. The fourth-order valence-electron chi connectivity index (χ4n) is 1.09. The normalized spacial score (nSPS) is 8.77. The highest BCUT2D eigenvalue weighted by Gasteiger charge is 2.11. The lowest BCUT2D eigenvalue weighted by Crippen LogP contribution is -2.01. The number of carboxylic acid groups (broad SMARTS) is 1. The molecule has 0 bridgehead atoms. The van der Waals surface area contributed by atoms with Gasteiger partial charge in [-0.05, 0) is 18.6 Å². The van der Waals surface area contributed by atoms with Crippen molar-refractivity contribution in [3.05, 3.63) is 29.3 Å². The van der Waals surface area contributed by atoms with E-state index in [0.29, 0.717) is 5.75 Å². The molecule has 1 rings (SSSR count). The van der Waals surface area contributed by atoms with Crippen LogP contribution in [0.25, 0.3) is 0 Å². The summed E-state index contributed by atoms with van der Waals surface area (Å²) in [6.45, 7) is 1.81. The third-order valence-electron chi connectivity index (χ3n) is 1.65. The van der Waals surface area contributed by atoms with Crippen LogP contribution in [0.2, 0.25) is 0 Å². The van der Waals surface area contributed by atoms with E-state index in [4.69, 9.17) is 9.84 Å². The van der Waals surface area contributed by atoms with Crippen molar-refractivity contribution in [2.24, 2.45) is 0 Å². The molecule has 1 N–H and O–H groups in total. The second kappa shape index (κ2) is 4.55. The van der Waals surface area contributed by atoms with Crippen molar-refractivity contribution < 1.29 is 14.6 Å². The number of para-hydroxylation sites is 1. The Hall–Kier alpha value is -1.45. The summed E-state index contributed by atoms with van der Waals surface area (Å²) in [6.07, 6.45) is 0. The number of benzene rings is 1. The van der Waals surface area contributed by atoms with Gasteiger partial charge in [0.1, 0.15) is 11.3 Å². The largest absolute Gasteiger partial charge is 0.496 e. The first-order chi connectivity index (χ1) is 5.66. The van der Waals surface area contributed by atoms with Crippen LogP contribution in [0.1, 0.15) is 15.9 Å². The van der Waals surface area contributed by atoms with Gasteiger partial charge in [0.15, 0.2) is 0 Å². The van der Waals surface area contributed by atoms with Gasteiger partial charge in [0, 0.05) is 8.41 Å². The zero-order valence-corrected chi connectivity index (χ0v) is 7.57. The highest BCUT2D eigenvalue weighted by atomic mass is 16.5. The van der Waals surface area contributed by atoms with Gasteiger partial charge in [0.2, 0.25) is 0 Å². The third-order valence-corrected chi connectivity index (χ3v) is 1.65. The van der Waals surface area contributed by atoms with E-state index in [2.05, 4.69) is 0 Å². The second-order valence-corrected chi connectivity index (χ2v) is 2.46. The lowest BCUT2D eigenvalue weighted by Gasteiger charge is -2.06. The van der Waals surface area contributed by atoms with Crippen LogP contribution in [0, 0.1) is 6.92 Å². The Morgan fingerprint density at radius 1 is 1.46 bits per heavy atom. The minimum absolute atomic E-state index is 0. The van der Waals surface area contributed by atoms with E-state index >= 15 is 0 Å². The van der Waals surface area contributed by atoms with Gasteiger partial charge >= 0.3 is 5.97 Å². The maximum atomic E-state index is 10.7.